The molecule has 8 aromatic rings. The Bertz CT molecular complexity index is 1790. The van der Waals surface area contributed by atoms with Crippen molar-refractivity contribution in [2.24, 2.45) is 0 Å². The Morgan fingerprint density at radius 1 is 0.311 bits per heavy atom. The van der Waals surface area contributed by atoms with Gasteiger partial charge in [0.1, 0.15) is 0 Å². The van der Waals surface area contributed by atoms with E-state index >= 15 is 0 Å². The molecule has 0 spiro atoms. The second-order valence-corrected chi connectivity index (χ2v) is 10.0. The molecule has 0 bridgehead atoms. The van der Waals surface area contributed by atoms with E-state index in [0.717, 1.165) is 44.5 Å². The first-order valence-corrected chi connectivity index (χ1v) is 13.7. The highest BCUT2D eigenvalue weighted by atomic mass is 15.5. The van der Waals surface area contributed by atoms with Gasteiger partial charge in [-0.1, -0.05) is 97.1 Å². The van der Waals surface area contributed by atoms with Crippen LogP contribution in [0.1, 0.15) is 22.3 Å². The minimum atomic E-state index is -0.795. The number of hydrogen-bond donors (Lipinski definition) is 4. The fraction of sp³-hybridized carbons (Fsp3) is 0.0345. The molecular weight excluding hydrogens is 572 g/mol. The van der Waals surface area contributed by atoms with Gasteiger partial charge >= 0.3 is 0 Å². The molecule has 16 nitrogen and oxygen atoms in total. The lowest BCUT2D eigenvalue weighted by atomic mass is 9.64. The largest absolute Gasteiger partial charge is 0.204 e. The standard InChI is InChI=1S/C29H20N16/c1-9-21(10-2-17(1)25-30-38-39-31-25)29(22-11-3-18(4-12-22)26-32-40-41-33-26,23-13-5-19(6-14-23)27-34-42-43-35-27)24-15-7-20(8-16-24)28-36-44-45-37-28/h1-16H,(H,30,31,38,39)(H,32,33,40,41)(H,34,35,42,43)(H,36,37,44,45). The van der Waals surface area contributed by atoms with Crippen LogP contribution in [-0.4, -0.2) is 82.5 Å². The Labute approximate surface area is 252 Å². The van der Waals surface area contributed by atoms with Gasteiger partial charge in [0, 0.05) is 22.3 Å². The SMILES string of the molecule is c1cc(C(c2ccc(-c3nn[nH]n3)cc2)(c2ccc(-c3nn[nH]n3)cc2)c2ccc(-c3nn[nH]n3)cc2)ccc1-c1nn[nH]n1. The number of tetrazole rings is 4. The van der Waals surface area contributed by atoms with E-state index in [4.69, 9.17) is 0 Å². The Kier molecular flexibility index (Phi) is 6.19. The van der Waals surface area contributed by atoms with Crippen molar-refractivity contribution in [3.8, 4) is 45.6 Å². The smallest absolute Gasteiger partial charge is 0.177 e. The van der Waals surface area contributed by atoms with E-state index in [9.17, 15) is 0 Å². The quantitative estimate of drug-likeness (QED) is 0.187. The van der Waals surface area contributed by atoms with Gasteiger partial charge in [0.2, 0.25) is 23.3 Å². The molecular formula is C29H20N16. The number of nitrogens with one attached hydrogen (secondary N) is 4. The van der Waals surface area contributed by atoms with Gasteiger partial charge in [-0.15, -0.1) is 40.8 Å². The van der Waals surface area contributed by atoms with E-state index in [1.54, 1.807) is 0 Å². The topological polar surface area (TPSA) is 218 Å². The maximum atomic E-state index is 4.15. The van der Waals surface area contributed by atoms with Crippen LogP contribution in [0.25, 0.3) is 45.6 Å². The fourth-order valence-electron chi connectivity index (χ4n) is 5.61. The number of benzene rings is 4. The monoisotopic (exact) mass is 592 g/mol. The first-order chi connectivity index (χ1) is 22.3. The maximum absolute atomic E-state index is 4.15. The lowest BCUT2D eigenvalue weighted by Crippen LogP contribution is -2.31. The zero-order valence-electron chi connectivity index (χ0n) is 23.1. The normalized spacial score (nSPS) is 11.6. The summed E-state index contributed by atoms with van der Waals surface area (Å²) in [4.78, 5) is 0. The Balaban J connectivity index is 1.35. The second kappa shape index (κ2) is 10.8. The first kappa shape index (κ1) is 25.8. The van der Waals surface area contributed by atoms with Crippen molar-refractivity contribution < 1.29 is 0 Å². The highest BCUT2D eigenvalue weighted by molar-refractivity contribution is 5.67. The molecule has 16 heteroatoms. The van der Waals surface area contributed by atoms with Crippen LogP contribution in [0, 0.1) is 0 Å². The van der Waals surface area contributed by atoms with Gasteiger partial charge in [0.05, 0.1) is 5.41 Å². The molecule has 0 aliphatic heterocycles. The van der Waals surface area contributed by atoms with Crippen LogP contribution in [0.5, 0.6) is 0 Å². The predicted octanol–water partition coefficient (Wildman–Crippen LogP) is 2.79. The summed E-state index contributed by atoms with van der Waals surface area (Å²) in [6.07, 6.45) is 0. The van der Waals surface area contributed by atoms with Crippen LogP contribution in [0.2, 0.25) is 0 Å². The summed E-state index contributed by atoms with van der Waals surface area (Å²) in [6.45, 7) is 0. The highest BCUT2D eigenvalue weighted by Gasteiger charge is 2.39. The zero-order valence-corrected chi connectivity index (χ0v) is 23.1. The molecule has 45 heavy (non-hydrogen) atoms. The van der Waals surface area contributed by atoms with Gasteiger partial charge < -0.3 is 0 Å². The molecule has 0 fully saturated rings. The lowest BCUT2D eigenvalue weighted by molar-refractivity contribution is 0.745. The summed E-state index contributed by atoms with van der Waals surface area (Å²) in [5.41, 5.74) is 6.52. The van der Waals surface area contributed by atoms with Crippen molar-refractivity contribution in [1.82, 2.24) is 82.5 Å². The van der Waals surface area contributed by atoms with Crippen LogP contribution < -0.4 is 0 Å². The molecule has 4 N–H and O–H groups in total. The Morgan fingerprint density at radius 2 is 0.533 bits per heavy atom. The van der Waals surface area contributed by atoms with E-state index in [1.807, 2.05) is 48.5 Å². The second-order valence-electron chi connectivity index (χ2n) is 10.0. The summed E-state index contributed by atoms with van der Waals surface area (Å²) in [6, 6.07) is 32.6. The lowest BCUT2D eigenvalue weighted by Gasteiger charge is -2.37. The molecule has 0 aliphatic rings. The number of nitrogens with zero attached hydrogens (tertiary/aromatic N) is 12. The zero-order chi connectivity index (χ0) is 30.1. The van der Waals surface area contributed by atoms with E-state index < -0.39 is 5.41 Å². The molecule has 0 saturated heterocycles. The average Bonchev–Trinajstić information content (AvgIpc) is 3.95. The van der Waals surface area contributed by atoms with Gasteiger partial charge in [-0.05, 0) is 43.1 Å². The third-order valence-corrected chi connectivity index (χ3v) is 7.69. The van der Waals surface area contributed by atoms with Crippen LogP contribution in [0.4, 0.5) is 0 Å². The molecule has 4 heterocycles. The average molecular weight is 593 g/mol. The number of hydrogen-bond acceptors (Lipinski definition) is 12. The van der Waals surface area contributed by atoms with Crippen molar-refractivity contribution in [2.75, 3.05) is 0 Å². The van der Waals surface area contributed by atoms with Gasteiger partial charge in [0.25, 0.3) is 0 Å². The minimum Gasteiger partial charge on any atom is -0.177 e. The van der Waals surface area contributed by atoms with E-state index in [-0.39, 0.29) is 0 Å². The van der Waals surface area contributed by atoms with Crippen molar-refractivity contribution in [2.45, 2.75) is 5.41 Å². The highest BCUT2D eigenvalue weighted by Crippen LogP contribution is 2.46. The molecule has 0 aliphatic carbocycles. The molecule has 0 atom stereocenters. The summed E-state index contributed by atoms with van der Waals surface area (Å²) < 4.78 is 0. The third-order valence-electron chi connectivity index (χ3n) is 7.69. The van der Waals surface area contributed by atoms with Gasteiger partial charge in [0.15, 0.2) is 0 Å². The summed E-state index contributed by atoms with van der Waals surface area (Å²) in [5, 5.41) is 58.1. The van der Waals surface area contributed by atoms with Crippen molar-refractivity contribution in [3.05, 3.63) is 119 Å². The van der Waals surface area contributed by atoms with Gasteiger partial charge in [-0.2, -0.15) is 20.9 Å². The number of aromatic nitrogens is 16. The summed E-state index contributed by atoms with van der Waals surface area (Å²) in [7, 11) is 0. The van der Waals surface area contributed by atoms with Crippen LogP contribution in [0.15, 0.2) is 97.1 Å². The maximum Gasteiger partial charge on any atom is 0.204 e. The van der Waals surface area contributed by atoms with E-state index in [1.165, 1.54) is 0 Å². The Hall–Kier alpha value is -6.84. The molecule has 216 valence electrons. The predicted molar refractivity (Wildman–Crippen MR) is 157 cm³/mol. The van der Waals surface area contributed by atoms with E-state index in [2.05, 4.69) is 131 Å². The number of aromatic amines is 4. The molecule has 0 saturated carbocycles. The summed E-state index contributed by atoms with van der Waals surface area (Å²) >= 11 is 0. The minimum absolute atomic E-state index is 0.505. The molecule has 0 unspecified atom stereocenters. The molecule has 4 aromatic carbocycles. The molecule has 4 aromatic heterocycles. The van der Waals surface area contributed by atoms with Crippen LogP contribution in [-0.2, 0) is 5.41 Å². The van der Waals surface area contributed by atoms with Crippen molar-refractivity contribution in [1.29, 1.82) is 0 Å². The van der Waals surface area contributed by atoms with Crippen LogP contribution >= 0.6 is 0 Å². The van der Waals surface area contributed by atoms with Crippen LogP contribution in [0.3, 0.4) is 0 Å². The molecule has 8 rings (SSSR count). The molecule has 0 radical (unpaired) electrons. The van der Waals surface area contributed by atoms with Gasteiger partial charge in [-0.25, -0.2) is 0 Å². The molecule has 0 amide bonds. The van der Waals surface area contributed by atoms with Crippen molar-refractivity contribution >= 4 is 0 Å². The summed E-state index contributed by atoms with van der Waals surface area (Å²) in [5.74, 6) is 2.02. The number of H-pyrrole nitrogens is 4. The first-order valence-electron chi connectivity index (χ1n) is 13.7. The number of rotatable bonds is 8. The Morgan fingerprint density at radius 3 is 0.711 bits per heavy atom. The third kappa shape index (κ3) is 4.49. The van der Waals surface area contributed by atoms with Gasteiger partial charge in [-0.3, -0.25) is 0 Å². The van der Waals surface area contributed by atoms with E-state index in [0.29, 0.717) is 23.3 Å². The fourth-order valence-corrected chi connectivity index (χ4v) is 5.61. The van der Waals surface area contributed by atoms with Crippen molar-refractivity contribution in [3.63, 3.8) is 0 Å².